The Kier molecular flexibility index (Phi) is 4.94. The van der Waals surface area contributed by atoms with E-state index in [2.05, 4.69) is 5.32 Å². The molecule has 0 radical (unpaired) electrons. The number of halogens is 3. The fraction of sp³-hybridized carbons (Fsp3) is 0.933. The van der Waals surface area contributed by atoms with Crippen LogP contribution in [0.2, 0.25) is 0 Å². The molecule has 2 atom stereocenters. The highest BCUT2D eigenvalue weighted by Crippen LogP contribution is 2.37. The zero-order valence-electron chi connectivity index (χ0n) is 13.4. The average Bonchev–Trinajstić information content (AvgIpc) is 2.56. The van der Waals surface area contributed by atoms with Gasteiger partial charge >= 0.3 is 12.3 Å². The molecule has 128 valence electrons. The molecular formula is C15H25F3N2O2. The summed E-state index contributed by atoms with van der Waals surface area (Å²) in [5.74, 6) is 0.444. The van der Waals surface area contributed by atoms with E-state index in [0.29, 0.717) is 13.1 Å². The van der Waals surface area contributed by atoms with Crippen LogP contribution in [0.4, 0.5) is 18.0 Å². The van der Waals surface area contributed by atoms with Crippen LogP contribution < -0.4 is 5.32 Å². The molecule has 2 rings (SSSR count). The highest BCUT2D eigenvalue weighted by molar-refractivity contribution is 5.68. The molecular weight excluding hydrogens is 297 g/mol. The van der Waals surface area contributed by atoms with E-state index in [4.69, 9.17) is 4.74 Å². The van der Waals surface area contributed by atoms with Gasteiger partial charge in [-0.15, -0.1) is 0 Å². The lowest BCUT2D eigenvalue weighted by Gasteiger charge is -2.39. The van der Waals surface area contributed by atoms with E-state index in [1.165, 1.54) is 0 Å². The lowest BCUT2D eigenvalue weighted by molar-refractivity contribution is -0.134. The van der Waals surface area contributed by atoms with E-state index in [1.807, 2.05) is 20.8 Å². The van der Waals surface area contributed by atoms with Gasteiger partial charge in [0.25, 0.3) is 0 Å². The molecule has 1 aliphatic carbocycles. The van der Waals surface area contributed by atoms with Crippen molar-refractivity contribution in [2.45, 2.75) is 57.9 Å². The molecule has 1 aliphatic heterocycles. The highest BCUT2D eigenvalue weighted by atomic mass is 19.4. The van der Waals surface area contributed by atoms with Crippen molar-refractivity contribution in [1.82, 2.24) is 10.2 Å². The molecule has 0 aromatic rings. The van der Waals surface area contributed by atoms with Crippen molar-refractivity contribution in [2.24, 2.45) is 11.8 Å². The van der Waals surface area contributed by atoms with E-state index in [1.54, 1.807) is 4.90 Å². The van der Waals surface area contributed by atoms with Gasteiger partial charge in [-0.3, -0.25) is 0 Å². The Labute approximate surface area is 129 Å². The molecule has 0 unspecified atom stereocenters. The van der Waals surface area contributed by atoms with Gasteiger partial charge in [0, 0.05) is 25.7 Å². The van der Waals surface area contributed by atoms with Crippen LogP contribution in [-0.2, 0) is 4.74 Å². The van der Waals surface area contributed by atoms with Crippen LogP contribution in [0.1, 0.15) is 40.0 Å². The molecule has 1 saturated carbocycles. The summed E-state index contributed by atoms with van der Waals surface area (Å²) in [6, 6.07) is 0.0843. The number of nitrogens with zero attached hydrogens (tertiary/aromatic N) is 1. The lowest BCUT2D eigenvalue weighted by atomic mass is 9.92. The number of ether oxygens (including phenoxy) is 1. The largest absolute Gasteiger partial charge is 0.444 e. The molecule has 2 bridgehead atoms. The first kappa shape index (κ1) is 17.4. The van der Waals surface area contributed by atoms with Crippen molar-refractivity contribution in [2.75, 3.05) is 19.6 Å². The van der Waals surface area contributed by atoms with Crippen molar-refractivity contribution >= 4 is 6.09 Å². The van der Waals surface area contributed by atoms with Crippen LogP contribution in [0.25, 0.3) is 0 Å². The summed E-state index contributed by atoms with van der Waals surface area (Å²) in [7, 11) is 0. The molecule has 22 heavy (non-hydrogen) atoms. The summed E-state index contributed by atoms with van der Waals surface area (Å²) >= 11 is 0. The van der Waals surface area contributed by atoms with E-state index < -0.39 is 18.2 Å². The van der Waals surface area contributed by atoms with Gasteiger partial charge in [-0.1, -0.05) is 0 Å². The topological polar surface area (TPSA) is 41.6 Å². The molecule has 1 amide bonds. The van der Waals surface area contributed by atoms with Crippen molar-refractivity contribution in [3.05, 3.63) is 0 Å². The molecule has 4 nitrogen and oxygen atoms in total. The minimum Gasteiger partial charge on any atom is -0.444 e. The predicted molar refractivity (Wildman–Crippen MR) is 76.5 cm³/mol. The molecule has 1 saturated heterocycles. The standard InChI is InChI=1S/C15H25F3N2O2/c1-14(2,3)22-13(21)20-8-10-4-5-11(9-20)12(10)19-7-6-15(16,17)18/h10-12,19H,4-9H2,1-3H3/t10-,11-/m1/s1. The van der Waals surface area contributed by atoms with Crippen molar-refractivity contribution in [3.8, 4) is 0 Å². The lowest BCUT2D eigenvalue weighted by Crippen LogP contribution is -2.53. The molecule has 2 aliphatic rings. The summed E-state index contributed by atoms with van der Waals surface area (Å²) in [4.78, 5) is 13.8. The van der Waals surface area contributed by atoms with Gasteiger partial charge < -0.3 is 15.0 Å². The number of fused-ring (bicyclic) bond motifs is 2. The molecule has 0 spiro atoms. The number of nitrogens with one attached hydrogen (secondary N) is 1. The third kappa shape index (κ3) is 4.76. The predicted octanol–water partition coefficient (Wildman–Crippen LogP) is 3.17. The summed E-state index contributed by atoms with van der Waals surface area (Å²) in [6.07, 6.45) is -3.35. The Balaban J connectivity index is 1.85. The maximum Gasteiger partial charge on any atom is 0.410 e. The van der Waals surface area contributed by atoms with Crippen LogP contribution in [-0.4, -0.2) is 48.4 Å². The van der Waals surface area contributed by atoms with E-state index in [0.717, 1.165) is 12.8 Å². The van der Waals surface area contributed by atoms with Gasteiger partial charge in [-0.05, 0) is 45.4 Å². The maximum absolute atomic E-state index is 12.2. The van der Waals surface area contributed by atoms with Crippen molar-refractivity contribution in [1.29, 1.82) is 0 Å². The van der Waals surface area contributed by atoms with Crippen LogP contribution >= 0.6 is 0 Å². The number of rotatable bonds is 3. The van der Waals surface area contributed by atoms with Crippen LogP contribution in [0, 0.1) is 11.8 Å². The normalized spacial score (nSPS) is 28.8. The Hall–Kier alpha value is -0.980. The molecule has 2 fully saturated rings. The van der Waals surface area contributed by atoms with Gasteiger partial charge in [-0.2, -0.15) is 13.2 Å². The number of alkyl halides is 3. The van der Waals surface area contributed by atoms with Crippen molar-refractivity contribution in [3.63, 3.8) is 0 Å². The second-order valence-electron chi connectivity index (χ2n) is 7.33. The molecule has 0 aromatic carbocycles. The zero-order chi connectivity index (χ0) is 16.5. The summed E-state index contributed by atoms with van der Waals surface area (Å²) in [6.45, 7) is 6.55. The van der Waals surface area contributed by atoms with Gasteiger partial charge in [0.1, 0.15) is 5.60 Å². The van der Waals surface area contributed by atoms with Gasteiger partial charge in [0.05, 0.1) is 6.42 Å². The van der Waals surface area contributed by atoms with Crippen LogP contribution in [0.3, 0.4) is 0 Å². The third-order valence-electron chi connectivity index (χ3n) is 4.27. The Morgan fingerprint density at radius 3 is 2.18 bits per heavy atom. The maximum atomic E-state index is 12.2. The van der Waals surface area contributed by atoms with E-state index >= 15 is 0 Å². The number of hydrogen-bond donors (Lipinski definition) is 1. The fourth-order valence-corrected chi connectivity index (χ4v) is 3.41. The SMILES string of the molecule is CC(C)(C)OC(=O)N1C[C@H]2CC[C@H](C1)C2NCCC(F)(F)F. The monoisotopic (exact) mass is 322 g/mol. The molecule has 1 N–H and O–H groups in total. The molecule has 0 aromatic heterocycles. The van der Waals surface area contributed by atoms with Crippen LogP contribution in [0.5, 0.6) is 0 Å². The minimum absolute atomic E-state index is 0.0480. The number of hydrogen-bond acceptors (Lipinski definition) is 3. The summed E-state index contributed by atoms with van der Waals surface area (Å²) in [5.41, 5.74) is -0.530. The number of amides is 1. The first-order valence-electron chi connectivity index (χ1n) is 7.83. The third-order valence-corrected chi connectivity index (χ3v) is 4.27. The van der Waals surface area contributed by atoms with Gasteiger partial charge in [0.2, 0.25) is 0 Å². The second-order valence-corrected chi connectivity index (χ2v) is 7.33. The summed E-state index contributed by atoms with van der Waals surface area (Å²) in [5, 5.41) is 3.05. The molecule has 1 heterocycles. The van der Waals surface area contributed by atoms with E-state index in [-0.39, 0.29) is 30.5 Å². The van der Waals surface area contributed by atoms with Crippen molar-refractivity contribution < 1.29 is 22.7 Å². The zero-order valence-corrected chi connectivity index (χ0v) is 13.4. The quantitative estimate of drug-likeness (QED) is 0.868. The number of likely N-dealkylation sites (tertiary alicyclic amines) is 1. The number of carbonyl (C=O) groups excluding carboxylic acids is 1. The smallest absolute Gasteiger partial charge is 0.410 e. The number of piperidine rings is 1. The summed E-state index contributed by atoms with van der Waals surface area (Å²) < 4.78 is 42.1. The average molecular weight is 322 g/mol. The number of carbonyl (C=O) groups is 1. The Morgan fingerprint density at radius 1 is 1.18 bits per heavy atom. The first-order chi connectivity index (χ1) is 10.1. The molecule has 7 heteroatoms. The Bertz CT molecular complexity index is 393. The first-order valence-corrected chi connectivity index (χ1v) is 7.83. The highest BCUT2D eigenvalue weighted by Gasteiger charge is 2.44. The Morgan fingerprint density at radius 2 is 1.73 bits per heavy atom. The van der Waals surface area contributed by atoms with Crippen LogP contribution in [0.15, 0.2) is 0 Å². The van der Waals surface area contributed by atoms with Gasteiger partial charge in [0.15, 0.2) is 0 Å². The second kappa shape index (κ2) is 6.26. The fourth-order valence-electron chi connectivity index (χ4n) is 3.41. The minimum atomic E-state index is -4.12. The van der Waals surface area contributed by atoms with E-state index in [9.17, 15) is 18.0 Å². The van der Waals surface area contributed by atoms with Gasteiger partial charge in [-0.25, -0.2) is 4.79 Å².